The van der Waals surface area contributed by atoms with Crippen molar-refractivity contribution >= 4 is 11.5 Å². The third kappa shape index (κ3) is 3.80. The van der Waals surface area contributed by atoms with Gasteiger partial charge in [0.05, 0.1) is 0 Å². The van der Waals surface area contributed by atoms with Gasteiger partial charge in [0.2, 0.25) is 0 Å². The van der Waals surface area contributed by atoms with E-state index in [0.717, 1.165) is 24.6 Å². The maximum absolute atomic E-state index is 11.3. The van der Waals surface area contributed by atoms with Crippen LogP contribution in [0.25, 0.3) is 0 Å². The Labute approximate surface area is 116 Å². The molecular weight excluding hydrogens is 236 g/mol. The van der Waals surface area contributed by atoms with Gasteiger partial charge in [0, 0.05) is 30.9 Å². The fourth-order valence-electron chi connectivity index (χ4n) is 2.80. The molecule has 1 aromatic rings. The Morgan fingerprint density at radius 1 is 1.21 bits per heavy atom. The Bertz CT molecular complexity index is 417. The smallest absolute Gasteiger partial charge is 0.159 e. The summed E-state index contributed by atoms with van der Waals surface area (Å²) in [4.78, 5) is 16.0. The van der Waals surface area contributed by atoms with Crippen LogP contribution in [-0.4, -0.2) is 44.4 Å². The van der Waals surface area contributed by atoms with Gasteiger partial charge in [0.1, 0.15) is 0 Å². The topological polar surface area (TPSA) is 23.6 Å². The second-order valence-corrected chi connectivity index (χ2v) is 5.80. The van der Waals surface area contributed by atoms with E-state index in [0.29, 0.717) is 0 Å². The van der Waals surface area contributed by atoms with Crippen LogP contribution in [0, 0.1) is 5.92 Å². The van der Waals surface area contributed by atoms with E-state index < -0.39 is 0 Å². The monoisotopic (exact) mass is 260 g/mol. The number of carbonyl (C=O) groups excluding carboxylic acids is 1. The van der Waals surface area contributed by atoms with Crippen molar-refractivity contribution < 1.29 is 4.79 Å². The van der Waals surface area contributed by atoms with Gasteiger partial charge in [-0.2, -0.15) is 0 Å². The van der Waals surface area contributed by atoms with Crippen molar-refractivity contribution in [1.82, 2.24) is 4.90 Å². The summed E-state index contributed by atoms with van der Waals surface area (Å²) in [6, 6.07) is 8.01. The van der Waals surface area contributed by atoms with Crippen LogP contribution in [0.4, 0.5) is 5.69 Å². The molecule has 0 atom stereocenters. The molecule has 3 heteroatoms. The average Bonchev–Trinajstić information content (AvgIpc) is 2.39. The SMILES string of the molecule is CC(=O)c1ccc(N2CCC(CN(C)C)CC2)cc1. The molecule has 19 heavy (non-hydrogen) atoms. The summed E-state index contributed by atoms with van der Waals surface area (Å²) in [5.74, 6) is 0.957. The summed E-state index contributed by atoms with van der Waals surface area (Å²) >= 11 is 0. The Hall–Kier alpha value is -1.35. The van der Waals surface area contributed by atoms with E-state index in [-0.39, 0.29) is 5.78 Å². The van der Waals surface area contributed by atoms with Gasteiger partial charge in [-0.15, -0.1) is 0 Å². The molecule has 0 bridgehead atoms. The lowest BCUT2D eigenvalue weighted by atomic mass is 9.96. The second-order valence-electron chi connectivity index (χ2n) is 5.80. The number of Topliss-reactive ketones (excluding diaryl/α,β-unsaturated/α-hetero) is 1. The van der Waals surface area contributed by atoms with Crippen molar-refractivity contribution in [1.29, 1.82) is 0 Å². The zero-order valence-corrected chi connectivity index (χ0v) is 12.2. The van der Waals surface area contributed by atoms with Crippen LogP contribution < -0.4 is 4.90 Å². The van der Waals surface area contributed by atoms with Gasteiger partial charge in [0.15, 0.2) is 5.78 Å². The minimum absolute atomic E-state index is 0.135. The summed E-state index contributed by atoms with van der Waals surface area (Å²) in [6.45, 7) is 5.05. The van der Waals surface area contributed by atoms with Crippen LogP contribution in [-0.2, 0) is 0 Å². The summed E-state index contributed by atoms with van der Waals surface area (Å²) in [7, 11) is 4.29. The molecule has 0 unspecified atom stereocenters. The first-order valence-corrected chi connectivity index (χ1v) is 7.07. The molecule has 104 valence electrons. The summed E-state index contributed by atoms with van der Waals surface area (Å²) in [5.41, 5.74) is 2.04. The molecule has 0 aliphatic carbocycles. The van der Waals surface area contributed by atoms with Crippen LogP contribution in [0.2, 0.25) is 0 Å². The Morgan fingerprint density at radius 2 is 1.79 bits per heavy atom. The van der Waals surface area contributed by atoms with Crippen LogP contribution in [0.3, 0.4) is 0 Å². The van der Waals surface area contributed by atoms with E-state index in [4.69, 9.17) is 0 Å². The molecule has 0 spiro atoms. The first-order valence-electron chi connectivity index (χ1n) is 7.07. The zero-order valence-electron chi connectivity index (χ0n) is 12.2. The molecule has 2 rings (SSSR count). The van der Waals surface area contributed by atoms with Gasteiger partial charge in [-0.05, 0) is 64.0 Å². The van der Waals surface area contributed by atoms with E-state index in [1.165, 1.54) is 25.1 Å². The highest BCUT2D eigenvalue weighted by atomic mass is 16.1. The van der Waals surface area contributed by atoms with Crippen molar-refractivity contribution in [2.24, 2.45) is 5.92 Å². The fraction of sp³-hybridized carbons (Fsp3) is 0.562. The van der Waals surface area contributed by atoms with Crippen molar-refractivity contribution in [3.05, 3.63) is 29.8 Å². The molecule has 1 heterocycles. The van der Waals surface area contributed by atoms with Crippen LogP contribution in [0.15, 0.2) is 24.3 Å². The van der Waals surface area contributed by atoms with Crippen LogP contribution in [0.5, 0.6) is 0 Å². The van der Waals surface area contributed by atoms with Crippen molar-refractivity contribution in [3.63, 3.8) is 0 Å². The zero-order chi connectivity index (χ0) is 13.8. The standard InChI is InChI=1S/C16H24N2O/c1-13(19)15-4-6-16(7-5-15)18-10-8-14(9-11-18)12-17(2)3/h4-7,14H,8-12H2,1-3H3. The number of hydrogen-bond acceptors (Lipinski definition) is 3. The number of hydrogen-bond donors (Lipinski definition) is 0. The summed E-state index contributed by atoms with van der Waals surface area (Å²) in [5, 5.41) is 0. The molecule has 1 aliphatic rings. The van der Waals surface area contributed by atoms with Gasteiger partial charge in [-0.1, -0.05) is 0 Å². The third-order valence-electron chi connectivity index (χ3n) is 3.88. The number of rotatable bonds is 4. The lowest BCUT2D eigenvalue weighted by Crippen LogP contribution is -2.37. The minimum atomic E-state index is 0.135. The molecule has 1 saturated heterocycles. The van der Waals surface area contributed by atoms with E-state index in [1.807, 2.05) is 12.1 Å². The van der Waals surface area contributed by atoms with Crippen LogP contribution >= 0.6 is 0 Å². The Balaban J connectivity index is 1.92. The molecule has 0 amide bonds. The maximum atomic E-state index is 11.3. The highest BCUT2D eigenvalue weighted by molar-refractivity contribution is 5.94. The Kier molecular flexibility index (Phi) is 4.59. The first-order chi connectivity index (χ1) is 9.06. The molecule has 0 N–H and O–H groups in total. The molecule has 1 aromatic carbocycles. The number of anilines is 1. The van der Waals surface area contributed by atoms with Gasteiger partial charge >= 0.3 is 0 Å². The maximum Gasteiger partial charge on any atom is 0.159 e. The largest absolute Gasteiger partial charge is 0.372 e. The Morgan fingerprint density at radius 3 is 2.26 bits per heavy atom. The minimum Gasteiger partial charge on any atom is -0.372 e. The lowest BCUT2D eigenvalue weighted by molar-refractivity contribution is 0.101. The number of piperidine rings is 1. The molecule has 3 nitrogen and oxygen atoms in total. The van der Waals surface area contributed by atoms with Crippen LogP contribution in [0.1, 0.15) is 30.1 Å². The van der Waals surface area contributed by atoms with E-state index >= 15 is 0 Å². The molecule has 0 saturated carbocycles. The fourth-order valence-corrected chi connectivity index (χ4v) is 2.80. The van der Waals surface area contributed by atoms with Gasteiger partial charge in [-0.25, -0.2) is 0 Å². The number of carbonyl (C=O) groups is 1. The van der Waals surface area contributed by atoms with E-state index in [2.05, 4.69) is 36.0 Å². The summed E-state index contributed by atoms with van der Waals surface area (Å²) < 4.78 is 0. The number of ketones is 1. The number of nitrogens with zero attached hydrogens (tertiary/aromatic N) is 2. The lowest BCUT2D eigenvalue weighted by Gasteiger charge is -2.34. The van der Waals surface area contributed by atoms with Gasteiger partial charge in [0.25, 0.3) is 0 Å². The molecule has 0 radical (unpaired) electrons. The van der Waals surface area contributed by atoms with Gasteiger partial charge in [-0.3, -0.25) is 4.79 Å². The first kappa shape index (κ1) is 14.1. The number of benzene rings is 1. The molecular formula is C16H24N2O. The van der Waals surface area contributed by atoms with E-state index in [9.17, 15) is 4.79 Å². The predicted molar refractivity (Wildman–Crippen MR) is 79.9 cm³/mol. The normalized spacial score (nSPS) is 16.9. The predicted octanol–water partition coefficient (Wildman–Crippen LogP) is 2.67. The van der Waals surface area contributed by atoms with Crippen molar-refractivity contribution in [2.45, 2.75) is 19.8 Å². The van der Waals surface area contributed by atoms with Crippen molar-refractivity contribution in [2.75, 3.05) is 38.6 Å². The van der Waals surface area contributed by atoms with Gasteiger partial charge < -0.3 is 9.80 Å². The van der Waals surface area contributed by atoms with E-state index in [1.54, 1.807) is 6.92 Å². The van der Waals surface area contributed by atoms with Crippen molar-refractivity contribution in [3.8, 4) is 0 Å². The third-order valence-corrected chi connectivity index (χ3v) is 3.88. The quantitative estimate of drug-likeness (QED) is 0.778. The summed E-state index contributed by atoms with van der Waals surface area (Å²) in [6.07, 6.45) is 2.51. The second kappa shape index (κ2) is 6.20. The molecule has 0 aromatic heterocycles. The average molecular weight is 260 g/mol. The molecule has 1 fully saturated rings. The molecule has 1 aliphatic heterocycles. The highest BCUT2D eigenvalue weighted by Gasteiger charge is 2.19. The highest BCUT2D eigenvalue weighted by Crippen LogP contribution is 2.24.